The van der Waals surface area contributed by atoms with Crippen molar-refractivity contribution in [2.75, 3.05) is 25.2 Å². The topological polar surface area (TPSA) is 84.5 Å². The predicted molar refractivity (Wildman–Crippen MR) is 95.0 cm³/mol. The van der Waals surface area contributed by atoms with E-state index in [1.165, 1.54) is 0 Å². The molecule has 0 fully saturated rings. The summed E-state index contributed by atoms with van der Waals surface area (Å²) >= 11 is 1.57. The second-order valence-electron chi connectivity index (χ2n) is 5.13. The molecule has 2 amide bonds. The standard InChI is InChI=1S/C17H24N2O4S/c1-3-10-18-15(20)12-23-17(22)14(9-11-24-2)19-16(21)13-7-5-4-6-8-13/h4-8,14H,3,9-12H2,1-2H3,(H,18,20)(H,19,21)/t14-/m0/s1. The Bertz CT molecular complexity index is 537. The molecule has 0 saturated carbocycles. The smallest absolute Gasteiger partial charge is 0.329 e. The summed E-state index contributed by atoms with van der Waals surface area (Å²) in [5, 5.41) is 5.31. The number of thioether (sulfide) groups is 1. The summed E-state index contributed by atoms with van der Waals surface area (Å²) in [6, 6.07) is 7.88. The van der Waals surface area contributed by atoms with Gasteiger partial charge in [-0.2, -0.15) is 11.8 Å². The van der Waals surface area contributed by atoms with E-state index in [4.69, 9.17) is 4.74 Å². The normalized spacial score (nSPS) is 11.4. The molecule has 0 aliphatic rings. The molecule has 1 rings (SSSR count). The highest BCUT2D eigenvalue weighted by molar-refractivity contribution is 7.98. The van der Waals surface area contributed by atoms with Crippen molar-refractivity contribution < 1.29 is 19.1 Å². The average Bonchev–Trinajstić information content (AvgIpc) is 2.61. The third-order valence-corrected chi connectivity index (χ3v) is 3.80. The zero-order valence-corrected chi connectivity index (χ0v) is 14.9. The van der Waals surface area contributed by atoms with Gasteiger partial charge in [0, 0.05) is 12.1 Å². The number of benzene rings is 1. The highest BCUT2D eigenvalue weighted by Crippen LogP contribution is 2.05. The van der Waals surface area contributed by atoms with E-state index < -0.39 is 12.0 Å². The summed E-state index contributed by atoms with van der Waals surface area (Å²) in [7, 11) is 0. The van der Waals surface area contributed by atoms with Gasteiger partial charge in [-0.3, -0.25) is 9.59 Å². The van der Waals surface area contributed by atoms with E-state index in [1.807, 2.05) is 19.2 Å². The van der Waals surface area contributed by atoms with Gasteiger partial charge < -0.3 is 15.4 Å². The Balaban J connectivity index is 2.58. The van der Waals surface area contributed by atoms with Crippen molar-refractivity contribution in [1.82, 2.24) is 10.6 Å². The number of carbonyl (C=O) groups is 3. The number of hydrogen-bond acceptors (Lipinski definition) is 5. The van der Waals surface area contributed by atoms with Crippen molar-refractivity contribution in [3.05, 3.63) is 35.9 Å². The summed E-state index contributed by atoms with van der Waals surface area (Å²) in [6.45, 7) is 2.14. The first kappa shape index (κ1) is 20.0. The Kier molecular flexibility index (Phi) is 9.60. The van der Waals surface area contributed by atoms with Crippen molar-refractivity contribution in [3.8, 4) is 0 Å². The monoisotopic (exact) mass is 352 g/mol. The predicted octanol–water partition coefficient (Wildman–Crippen LogP) is 1.61. The van der Waals surface area contributed by atoms with Gasteiger partial charge >= 0.3 is 5.97 Å². The van der Waals surface area contributed by atoms with Crippen molar-refractivity contribution >= 4 is 29.5 Å². The fourth-order valence-electron chi connectivity index (χ4n) is 1.87. The first-order valence-electron chi connectivity index (χ1n) is 7.86. The number of hydrogen-bond donors (Lipinski definition) is 2. The Morgan fingerprint density at radius 3 is 2.54 bits per heavy atom. The third-order valence-electron chi connectivity index (χ3n) is 3.15. The van der Waals surface area contributed by atoms with E-state index in [0.717, 1.165) is 6.42 Å². The van der Waals surface area contributed by atoms with Crippen molar-refractivity contribution in [3.63, 3.8) is 0 Å². The van der Waals surface area contributed by atoms with Gasteiger partial charge in [0.1, 0.15) is 6.04 Å². The Hall–Kier alpha value is -2.02. The lowest BCUT2D eigenvalue weighted by Gasteiger charge is -2.17. The summed E-state index contributed by atoms with van der Waals surface area (Å²) < 4.78 is 5.02. The molecule has 7 heteroatoms. The minimum absolute atomic E-state index is 0.337. The molecule has 6 nitrogen and oxygen atoms in total. The molecule has 132 valence electrons. The molecule has 0 saturated heterocycles. The van der Waals surface area contributed by atoms with Crippen LogP contribution >= 0.6 is 11.8 Å². The molecule has 1 atom stereocenters. The van der Waals surface area contributed by atoms with Gasteiger partial charge in [-0.05, 0) is 37.0 Å². The lowest BCUT2D eigenvalue weighted by molar-refractivity contribution is -0.150. The van der Waals surface area contributed by atoms with Crippen molar-refractivity contribution in [1.29, 1.82) is 0 Å². The van der Waals surface area contributed by atoms with Gasteiger partial charge in [0.15, 0.2) is 6.61 Å². The molecule has 1 aromatic carbocycles. The number of carbonyl (C=O) groups excluding carboxylic acids is 3. The van der Waals surface area contributed by atoms with Crippen LogP contribution in [0.2, 0.25) is 0 Å². The molecule has 0 heterocycles. The van der Waals surface area contributed by atoms with Crippen LogP contribution in [0.25, 0.3) is 0 Å². The maximum absolute atomic E-state index is 12.2. The molecule has 0 aromatic heterocycles. The number of rotatable bonds is 10. The molecule has 0 radical (unpaired) electrons. The summed E-state index contributed by atoms with van der Waals surface area (Å²) in [5.41, 5.74) is 0.472. The molecule has 0 spiro atoms. The van der Waals surface area contributed by atoms with E-state index in [0.29, 0.717) is 24.3 Å². The number of nitrogens with one attached hydrogen (secondary N) is 2. The minimum atomic E-state index is -0.774. The van der Waals surface area contributed by atoms with Gasteiger partial charge in [-0.15, -0.1) is 0 Å². The van der Waals surface area contributed by atoms with Gasteiger partial charge in [0.2, 0.25) is 0 Å². The van der Waals surface area contributed by atoms with E-state index in [2.05, 4.69) is 10.6 Å². The molecule has 2 N–H and O–H groups in total. The molecular formula is C17H24N2O4S. The Morgan fingerprint density at radius 1 is 1.21 bits per heavy atom. The minimum Gasteiger partial charge on any atom is -0.454 e. The number of esters is 1. The lowest BCUT2D eigenvalue weighted by Crippen LogP contribution is -2.43. The maximum atomic E-state index is 12.2. The summed E-state index contributed by atoms with van der Waals surface area (Å²) in [6.07, 6.45) is 3.16. The molecule has 0 aliphatic carbocycles. The summed E-state index contributed by atoms with van der Waals surface area (Å²) in [5.74, 6) is -0.589. The first-order valence-corrected chi connectivity index (χ1v) is 9.26. The fourth-order valence-corrected chi connectivity index (χ4v) is 2.34. The third kappa shape index (κ3) is 7.50. The largest absolute Gasteiger partial charge is 0.454 e. The van der Waals surface area contributed by atoms with Crippen LogP contribution in [0.4, 0.5) is 0 Å². The van der Waals surface area contributed by atoms with Crippen molar-refractivity contribution in [2.24, 2.45) is 0 Å². The van der Waals surface area contributed by atoms with Gasteiger partial charge in [-0.1, -0.05) is 25.1 Å². The van der Waals surface area contributed by atoms with Gasteiger partial charge in [-0.25, -0.2) is 4.79 Å². The highest BCUT2D eigenvalue weighted by atomic mass is 32.2. The molecule has 0 aliphatic heterocycles. The second kappa shape index (κ2) is 11.5. The zero-order chi connectivity index (χ0) is 17.8. The van der Waals surface area contributed by atoms with E-state index in [9.17, 15) is 14.4 Å². The molecular weight excluding hydrogens is 328 g/mol. The van der Waals surface area contributed by atoms with Crippen LogP contribution in [0.15, 0.2) is 30.3 Å². The highest BCUT2D eigenvalue weighted by Gasteiger charge is 2.23. The van der Waals surface area contributed by atoms with Crippen LogP contribution in [0.1, 0.15) is 30.1 Å². The zero-order valence-electron chi connectivity index (χ0n) is 14.0. The van der Waals surface area contributed by atoms with Crippen molar-refractivity contribution in [2.45, 2.75) is 25.8 Å². The number of ether oxygens (including phenoxy) is 1. The molecule has 0 unspecified atom stereocenters. The Labute approximate surface area is 146 Å². The first-order chi connectivity index (χ1) is 11.6. The fraction of sp³-hybridized carbons (Fsp3) is 0.471. The maximum Gasteiger partial charge on any atom is 0.329 e. The second-order valence-corrected chi connectivity index (χ2v) is 6.12. The van der Waals surface area contributed by atoms with Crippen LogP contribution < -0.4 is 10.6 Å². The van der Waals surface area contributed by atoms with Crippen LogP contribution in [-0.2, 0) is 14.3 Å². The van der Waals surface area contributed by atoms with E-state index in [-0.39, 0.29) is 18.4 Å². The van der Waals surface area contributed by atoms with E-state index in [1.54, 1.807) is 36.0 Å². The lowest BCUT2D eigenvalue weighted by atomic mass is 10.1. The number of amides is 2. The van der Waals surface area contributed by atoms with E-state index >= 15 is 0 Å². The SMILES string of the molecule is CCCNC(=O)COC(=O)[C@H](CCSC)NC(=O)c1ccccc1. The van der Waals surface area contributed by atoms with Crippen LogP contribution in [0.5, 0.6) is 0 Å². The van der Waals surface area contributed by atoms with Gasteiger partial charge in [0.05, 0.1) is 0 Å². The van der Waals surface area contributed by atoms with Crippen LogP contribution in [0, 0.1) is 0 Å². The molecule has 1 aromatic rings. The Morgan fingerprint density at radius 2 is 1.92 bits per heavy atom. The molecule has 0 bridgehead atoms. The van der Waals surface area contributed by atoms with Crippen LogP contribution in [0.3, 0.4) is 0 Å². The molecule has 24 heavy (non-hydrogen) atoms. The quantitative estimate of drug-likeness (QED) is 0.625. The van der Waals surface area contributed by atoms with Crippen LogP contribution in [-0.4, -0.2) is 49.0 Å². The van der Waals surface area contributed by atoms with Gasteiger partial charge in [0.25, 0.3) is 11.8 Å². The summed E-state index contributed by atoms with van der Waals surface area (Å²) in [4.78, 5) is 35.9. The average molecular weight is 352 g/mol.